The zero-order chi connectivity index (χ0) is 12.0. The fraction of sp³-hybridized carbons (Fsp3) is 0.692. The Morgan fingerprint density at radius 3 is 2.56 bits per heavy atom. The van der Waals surface area contributed by atoms with Crippen molar-refractivity contribution in [2.75, 3.05) is 13.2 Å². The molecule has 92 valence electrons. The van der Waals surface area contributed by atoms with Crippen molar-refractivity contribution in [3.63, 3.8) is 0 Å². The summed E-state index contributed by atoms with van der Waals surface area (Å²) in [6.45, 7) is 7.38. The lowest BCUT2D eigenvalue weighted by molar-refractivity contribution is 0.109. The lowest BCUT2D eigenvalue weighted by Gasteiger charge is -2.30. The quantitative estimate of drug-likeness (QED) is 0.750. The van der Waals surface area contributed by atoms with Gasteiger partial charge in [0, 0.05) is 18.6 Å². The van der Waals surface area contributed by atoms with E-state index in [1.807, 2.05) is 12.1 Å². The van der Waals surface area contributed by atoms with Crippen molar-refractivity contribution in [3.05, 3.63) is 24.2 Å². The Hall–Kier alpha value is -0.800. The van der Waals surface area contributed by atoms with E-state index in [4.69, 9.17) is 4.42 Å². The van der Waals surface area contributed by atoms with E-state index in [1.165, 1.54) is 0 Å². The van der Waals surface area contributed by atoms with Gasteiger partial charge in [0.15, 0.2) is 0 Å². The predicted molar refractivity (Wildman–Crippen MR) is 65.2 cm³/mol. The van der Waals surface area contributed by atoms with Crippen LogP contribution in [-0.2, 0) is 0 Å². The van der Waals surface area contributed by atoms with Crippen LogP contribution in [0.2, 0.25) is 0 Å². The summed E-state index contributed by atoms with van der Waals surface area (Å²) in [5, 5.41) is 12.9. The van der Waals surface area contributed by atoms with Crippen molar-refractivity contribution in [1.29, 1.82) is 0 Å². The molecule has 2 N–H and O–H groups in total. The van der Waals surface area contributed by atoms with Gasteiger partial charge in [-0.2, -0.15) is 0 Å². The highest BCUT2D eigenvalue weighted by Crippen LogP contribution is 2.25. The molecule has 0 saturated heterocycles. The molecule has 0 aliphatic carbocycles. The first-order valence-corrected chi connectivity index (χ1v) is 6.05. The highest BCUT2D eigenvalue weighted by molar-refractivity contribution is 5.03. The number of hydrogen-bond acceptors (Lipinski definition) is 3. The van der Waals surface area contributed by atoms with Crippen molar-refractivity contribution < 1.29 is 9.52 Å². The molecule has 0 amide bonds. The van der Waals surface area contributed by atoms with Crippen molar-refractivity contribution in [1.82, 2.24) is 5.32 Å². The molecule has 0 bridgehead atoms. The summed E-state index contributed by atoms with van der Waals surface area (Å²) in [5.41, 5.74) is 0.000846. The Morgan fingerprint density at radius 2 is 2.12 bits per heavy atom. The van der Waals surface area contributed by atoms with E-state index in [2.05, 4.69) is 26.1 Å². The number of hydrogen-bond donors (Lipinski definition) is 2. The maximum absolute atomic E-state index is 9.46. The minimum absolute atomic E-state index is 0.000846. The zero-order valence-corrected chi connectivity index (χ0v) is 10.5. The van der Waals surface area contributed by atoms with Crippen LogP contribution in [0.15, 0.2) is 22.8 Å². The van der Waals surface area contributed by atoms with Crippen molar-refractivity contribution >= 4 is 0 Å². The third-order valence-electron chi connectivity index (χ3n) is 3.59. The van der Waals surface area contributed by atoms with Gasteiger partial charge in [-0.05, 0) is 31.9 Å². The fourth-order valence-electron chi connectivity index (χ4n) is 1.79. The molecule has 0 aromatic carbocycles. The van der Waals surface area contributed by atoms with Crippen LogP contribution in [0.5, 0.6) is 0 Å². The standard InChI is InChI=1S/C13H23NO2/c1-4-13(5-2,10-15)9-14-11(3)12-7-6-8-16-12/h6-8,11,14-15H,4-5,9-10H2,1-3H3. The van der Waals surface area contributed by atoms with Crippen molar-refractivity contribution in [3.8, 4) is 0 Å². The van der Waals surface area contributed by atoms with Gasteiger partial charge >= 0.3 is 0 Å². The summed E-state index contributed by atoms with van der Waals surface area (Å²) < 4.78 is 5.34. The van der Waals surface area contributed by atoms with Gasteiger partial charge < -0.3 is 14.8 Å². The number of aliphatic hydroxyl groups is 1. The van der Waals surface area contributed by atoms with Gasteiger partial charge in [0.2, 0.25) is 0 Å². The lowest BCUT2D eigenvalue weighted by atomic mass is 9.83. The average molecular weight is 225 g/mol. The Labute approximate surface area is 97.9 Å². The van der Waals surface area contributed by atoms with Gasteiger partial charge in [-0.25, -0.2) is 0 Å². The zero-order valence-electron chi connectivity index (χ0n) is 10.5. The molecule has 1 heterocycles. The molecule has 0 aliphatic rings. The molecule has 0 spiro atoms. The van der Waals surface area contributed by atoms with Gasteiger partial charge in [-0.3, -0.25) is 0 Å². The summed E-state index contributed by atoms with van der Waals surface area (Å²) in [4.78, 5) is 0. The Kier molecular flexibility index (Phi) is 5.03. The summed E-state index contributed by atoms with van der Waals surface area (Å²) in [6, 6.07) is 4.06. The molecule has 1 aromatic heterocycles. The molecule has 0 fully saturated rings. The SMILES string of the molecule is CCC(CC)(CO)CNC(C)c1ccco1. The first-order chi connectivity index (χ1) is 7.67. The summed E-state index contributed by atoms with van der Waals surface area (Å²) in [5.74, 6) is 0.944. The maximum atomic E-state index is 9.46. The van der Waals surface area contributed by atoms with Gasteiger partial charge in [0.05, 0.1) is 12.3 Å². The second-order valence-electron chi connectivity index (χ2n) is 4.48. The summed E-state index contributed by atoms with van der Waals surface area (Å²) in [6.07, 6.45) is 3.65. The molecule has 1 unspecified atom stereocenters. The molecule has 0 radical (unpaired) electrons. The number of rotatable bonds is 7. The van der Waals surface area contributed by atoms with Gasteiger partial charge in [-0.1, -0.05) is 13.8 Å². The van der Waals surface area contributed by atoms with E-state index >= 15 is 0 Å². The number of nitrogens with one attached hydrogen (secondary N) is 1. The Bertz CT molecular complexity index is 270. The van der Waals surface area contributed by atoms with E-state index in [9.17, 15) is 5.11 Å². The molecular formula is C13H23NO2. The highest BCUT2D eigenvalue weighted by Gasteiger charge is 2.25. The van der Waals surface area contributed by atoms with Crippen molar-refractivity contribution in [2.45, 2.75) is 39.7 Å². The first kappa shape index (κ1) is 13.3. The number of furan rings is 1. The van der Waals surface area contributed by atoms with Crippen LogP contribution < -0.4 is 5.32 Å². The van der Waals surface area contributed by atoms with E-state index in [0.29, 0.717) is 0 Å². The molecule has 1 atom stereocenters. The molecular weight excluding hydrogens is 202 g/mol. The van der Waals surface area contributed by atoms with Crippen LogP contribution in [0.25, 0.3) is 0 Å². The van der Waals surface area contributed by atoms with Crippen LogP contribution in [0.4, 0.5) is 0 Å². The maximum Gasteiger partial charge on any atom is 0.120 e. The fourth-order valence-corrected chi connectivity index (χ4v) is 1.79. The molecule has 0 saturated carbocycles. The molecule has 3 nitrogen and oxygen atoms in total. The Morgan fingerprint density at radius 1 is 1.44 bits per heavy atom. The second kappa shape index (κ2) is 6.06. The largest absolute Gasteiger partial charge is 0.468 e. The molecule has 3 heteroatoms. The van der Waals surface area contributed by atoms with Crippen molar-refractivity contribution in [2.24, 2.45) is 5.41 Å². The average Bonchev–Trinajstić information content (AvgIpc) is 2.85. The minimum Gasteiger partial charge on any atom is -0.468 e. The van der Waals surface area contributed by atoms with Crippen LogP contribution in [0.1, 0.15) is 45.4 Å². The summed E-state index contributed by atoms with van der Waals surface area (Å²) in [7, 11) is 0. The van der Waals surface area contributed by atoms with E-state index in [0.717, 1.165) is 25.1 Å². The Balaban J connectivity index is 2.49. The van der Waals surface area contributed by atoms with Crippen LogP contribution in [0, 0.1) is 5.41 Å². The third-order valence-corrected chi connectivity index (χ3v) is 3.59. The lowest BCUT2D eigenvalue weighted by Crippen LogP contribution is -2.37. The van der Waals surface area contributed by atoms with Gasteiger partial charge in [0.1, 0.15) is 5.76 Å². The van der Waals surface area contributed by atoms with E-state index in [-0.39, 0.29) is 18.1 Å². The molecule has 0 aliphatic heterocycles. The third kappa shape index (κ3) is 3.09. The number of aliphatic hydroxyl groups excluding tert-OH is 1. The topological polar surface area (TPSA) is 45.4 Å². The smallest absolute Gasteiger partial charge is 0.120 e. The van der Waals surface area contributed by atoms with Gasteiger partial charge in [0.25, 0.3) is 0 Å². The second-order valence-corrected chi connectivity index (χ2v) is 4.48. The van der Waals surface area contributed by atoms with Crippen LogP contribution in [-0.4, -0.2) is 18.3 Å². The molecule has 16 heavy (non-hydrogen) atoms. The summed E-state index contributed by atoms with van der Waals surface area (Å²) >= 11 is 0. The monoisotopic (exact) mass is 225 g/mol. The highest BCUT2D eigenvalue weighted by atomic mass is 16.3. The first-order valence-electron chi connectivity index (χ1n) is 6.05. The van der Waals surface area contributed by atoms with E-state index in [1.54, 1.807) is 6.26 Å². The minimum atomic E-state index is 0.000846. The van der Waals surface area contributed by atoms with E-state index < -0.39 is 0 Å². The normalized spacial score (nSPS) is 14.0. The van der Waals surface area contributed by atoms with Crippen LogP contribution in [0.3, 0.4) is 0 Å². The predicted octanol–water partition coefficient (Wildman–Crippen LogP) is 2.73. The molecule has 1 rings (SSSR count). The van der Waals surface area contributed by atoms with Crippen LogP contribution >= 0.6 is 0 Å². The molecule has 1 aromatic rings. The van der Waals surface area contributed by atoms with Gasteiger partial charge in [-0.15, -0.1) is 0 Å².